The van der Waals surface area contributed by atoms with Gasteiger partial charge in [0.05, 0.1) is 23.2 Å². The van der Waals surface area contributed by atoms with E-state index < -0.39 is 11.7 Å². The zero-order valence-electron chi connectivity index (χ0n) is 14.7. The first-order valence-electron chi connectivity index (χ1n) is 8.57. The fourth-order valence-electron chi connectivity index (χ4n) is 3.44. The summed E-state index contributed by atoms with van der Waals surface area (Å²) in [5.74, 6) is 1.18. The molecule has 8 heteroatoms. The second-order valence-corrected chi connectivity index (χ2v) is 6.93. The average Bonchev–Trinajstić information content (AvgIpc) is 3.21. The lowest BCUT2D eigenvalue weighted by molar-refractivity contribution is -0.137. The van der Waals surface area contributed by atoms with Crippen molar-refractivity contribution in [1.29, 1.82) is 5.26 Å². The minimum atomic E-state index is -4.56. The van der Waals surface area contributed by atoms with Gasteiger partial charge in [0.2, 0.25) is 0 Å². The van der Waals surface area contributed by atoms with Gasteiger partial charge in [-0.25, -0.2) is 0 Å². The van der Waals surface area contributed by atoms with E-state index in [1.54, 1.807) is 18.5 Å². The van der Waals surface area contributed by atoms with Gasteiger partial charge in [0.25, 0.3) is 0 Å². The molecule has 2 aromatic rings. The van der Waals surface area contributed by atoms with Crippen molar-refractivity contribution >= 4 is 5.69 Å². The maximum absolute atomic E-state index is 13.3. The molecule has 0 N–H and O–H groups in total. The molecule has 1 aromatic carbocycles. The van der Waals surface area contributed by atoms with Gasteiger partial charge < -0.3 is 9.47 Å². The highest BCUT2D eigenvalue weighted by Gasteiger charge is 2.36. The van der Waals surface area contributed by atoms with Crippen molar-refractivity contribution in [3.05, 3.63) is 41.5 Å². The van der Waals surface area contributed by atoms with Gasteiger partial charge in [-0.1, -0.05) is 13.8 Å². The van der Waals surface area contributed by atoms with Crippen LogP contribution in [0.1, 0.15) is 49.7 Å². The Bertz CT molecular complexity index is 819. The molecule has 0 radical (unpaired) electrons. The van der Waals surface area contributed by atoms with E-state index in [2.05, 4.69) is 24.0 Å². The Kier molecular flexibility index (Phi) is 4.90. The molecule has 1 aromatic heterocycles. The summed E-state index contributed by atoms with van der Waals surface area (Å²) in [4.78, 5) is 1.93. The van der Waals surface area contributed by atoms with Crippen LogP contribution < -0.4 is 4.90 Å². The number of rotatable bonds is 4. The molecule has 138 valence electrons. The molecule has 0 unspecified atom stereocenters. The average molecular weight is 363 g/mol. The van der Waals surface area contributed by atoms with Gasteiger partial charge >= 0.3 is 6.18 Å². The first-order chi connectivity index (χ1) is 12.3. The minimum Gasteiger partial charge on any atom is -0.361 e. The third-order valence-electron chi connectivity index (χ3n) is 4.52. The van der Waals surface area contributed by atoms with Crippen LogP contribution in [-0.4, -0.2) is 21.3 Å². The molecule has 1 fully saturated rings. The molecule has 0 spiro atoms. The molecular formula is C18H20F3N5. The third-order valence-corrected chi connectivity index (χ3v) is 4.52. The predicted octanol–water partition coefficient (Wildman–Crippen LogP) is 4.17. The highest BCUT2D eigenvalue weighted by Crippen LogP contribution is 2.39. The zero-order chi connectivity index (χ0) is 18.9. The molecule has 5 nitrogen and oxygen atoms in total. The number of aromatic nitrogens is 3. The number of nitrogens with zero attached hydrogens (tertiary/aromatic N) is 5. The molecular weight excluding hydrogens is 343 g/mol. The number of anilines is 1. The van der Waals surface area contributed by atoms with Crippen molar-refractivity contribution in [3.63, 3.8) is 0 Å². The van der Waals surface area contributed by atoms with Crippen LogP contribution in [0.3, 0.4) is 0 Å². The van der Waals surface area contributed by atoms with Crippen LogP contribution in [0.15, 0.2) is 24.5 Å². The summed E-state index contributed by atoms with van der Waals surface area (Å²) in [5, 5.41) is 17.2. The van der Waals surface area contributed by atoms with Crippen LogP contribution in [0.25, 0.3) is 0 Å². The van der Waals surface area contributed by atoms with E-state index >= 15 is 0 Å². The Labute approximate surface area is 150 Å². The van der Waals surface area contributed by atoms with Crippen LogP contribution in [0.2, 0.25) is 0 Å². The highest BCUT2D eigenvalue weighted by molar-refractivity contribution is 5.56. The molecule has 0 amide bonds. The number of halogens is 3. The summed E-state index contributed by atoms with van der Waals surface area (Å²) in [6.45, 7) is 5.58. The topological polar surface area (TPSA) is 57.7 Å². The summed E-state index contributed by atoms with van der Waals surface area (Å²) in [6, 6.07) is 5.39. The first kappa shape index (κ1) is 18.2. The maximum atomic E-state index is 13.3. The lowest BCUT2D eigenvalue weighted by atomic mass is 10.1. The van der Waals surface area contributed by atoms with E-state index in [1.165, 1.54) is 6.07 Å². The molecule has 26 heavy (non-hydrogen) atoms. The molecule has 1 saturated heterocycles. The van der Waals surface area contributed by atoms with Crippen LogP contribution in [-0.2, 0) is 12.7 Å². The van der Waals surface area contributed by atoms with Crippen molar-refractivity contribution in [3.8, 4) is 6.07 Å². The highest BCUT2D eigenvalue weighted by atomic mass is 19.4. The van der Waals surface area contributed by atoms with Crippen molar-refractivity contribution in [2.45, 2.75) is 45.5 Å². The van der Waals surface area contributed by atoms with E-state index in [0.717, 1.165) is 31.3 Å². The van der Waals surface area contributed by atoms with Crippen molar-refractivity contribution < 1.29 is 13.2 Å². The largest absolute Gasteiger partial charge is 0.417 e. The zero-order valence-corrected chi connectivity index (χ0v) is 14.7. The number of nitriles is 1. The Hall–Kier alpha value is -2.56. The second-order valence-electron chi connectivity index (χ2n) is 6.93. The van der Waals surface area contributed by atoms with E-state index in [-0.39, 0.29) is 11.6 Å². The van der Waals surface area contributed by atoms with E-state index in [0.29, 0.717) is 18.2 Å². The number of hydrogen-bond donors (Lipinski definition) is 0. The number of benzene rings is 1. The SMILES string of the molecule is CC(C)Cn1cnnc1[C@@H]1CCCN1c1ccc(C#N)c(C(F)(F)F)c1. The maximum Gasteiger partial charge on any atom is 0.417 e. The minimum absolute atomic E-state index is 0.120. The molecule has 1 aliphatic heterocycles. The Morgan fingerprint density at radius 3 is 2.77 bits per heavy atom. The van der Waals surface area contributed by atoms with E-state index in [4.69, 9.17) is 5.26 Å². The van der Waals surface area contributed by atoms with Crippen molar-refractivity contribution in [2.75, 3.05) is 11.4 Å². The van der Waals surface area contributed by atoms with Gasteiger partial charge in [-0.3, -0.25) is 0 Å². The fourth-order valence-corrected chi connectivity index (χ4v) is 3.44. The van der Waals surface area contributed by atoms with Gasteiger partial charge in [-0.15, -0.1) is 10.2 Å². The van der Waals surface area contributed by atoms with Crippen molar-refractivity contribution in [2.24, 2.45) is 5.92 Å². The standard InChI is InChI=1S/C18H20F3N5/c1-12(2)10-25-11-23-24-17(25)16-4-3-7-26(16)14-6-5-13(9-22)15(8-14)18(19,20)21/h5-6,8,11-12,16H,3-4,7,10H2,1-2H3/t16-/m0/s1. The van der Waals surface area contributed by atoms with Gasteiger partial charge in [-0.2, -0.15) is 18.4 Å². The summed E-state index contributed by atoms with van der Waals surface area (Å²) in [5.41, 5.74) is -0.801. The van der Waals surface area contributed by atoms with Crippen LogP contribution >= 0.6 is 0 Å². The van der Waals surface area contributed by atoms with Gasteiger partial charge in [0.1, 0.15) is 6.33 Å². The quantitative estimate of drug-likeness (QED) is 0.818. The first-order valence-corrected chi connectivity index (χ1v) is 8.57. The number of hydrogen-bond acceptors (Lipinski definition) is 4. The van der Waals surface area contributed by atoms with E-state index in [1.807, 2.05) is 9.47 Å². The molecule has 1 atom stereocenters. The molecule has 2 heterocycles. The fraction of sp³-hybridized carbons (Fsp3) is 0.500. The Morgan fingerprint density at radius 1 is 1.35 bits per heavy atom. The Morgan fingerprint density at radius 2 is 2.12 bits per heavy atom. The molecule has 0 aliphatic carbocycles. The van der Waals surface area contributed by atoms with E-state index in [9.17, 15) is 13.2 Å². The number of alkyl halides is 3. The predicted molar refractivity (Wildman–Crippen MR) is 90.3 cm³/mol. The summed E-state index contributed by atoms with van der Waals surface area (Å²) in [6.07, 6.45) is -1.22. The van der Waals surface area contributed by atoms with Gasteiger partial charge in [0.15, 0.2) is 5.82 Å². The smallest absolute Gasteiger partial charge is 0.361 e. The summed E-state index contributed by atoms with van der Waals surface area (Å²) in [7, 11) is 0. The second kappa shape index (κ2) is 6.98. The molecule has 3 rings (SSSR count). The lowest BCUT2D eigenvalue weighted by Gasteiger charge is -2.27. The molecule has 1 aliphatic rings. The Balaban J connectivity index is 1.97. The van der Waals surface area contributed by atoms with Gasteiger partial charge in [-0.05, 0) is 37.0 Å². The third kappa shape index (κ3) is 3.52. The summed E-state index contributed by atoms with van der Waals surface area (Å²) < 4.78 is 41.8. The summed E-state index contributed by atoms with van der Waals surface area (Å²) >= 11 is 0. The molecule has 0 bridgehead atoms. The van der Waals surface area contributed by atoms with Crippen molar-refractivity contribution in [1.82, 2.24) is 14.8 Å². The lowest BCUT2D eigenvalue weighted by Crippen LogP contribution is -2.26. The van der Waals surface area contributed by atoms with Crippen LogP contribution in [0.5, 0.6) is 0 Å². The molecule has 0 saturated carbocycles. The normalized spacial score (nSPS) is 17.7. The van der Waals surface area contributed by atoms with Crippen LogP contribution in [0.4, 0.5) is 18.9 Å². The monoisotopic (exact) mass is 363 g/mol. The van der Waals surface area contributed by atoms with Gasteiger partial charge in [0, 0.05) is 18.8 Å². The van der Waals surface area contributed by atoms with Crippen LogP contribution in [0, 0.1) is 17.2 Å².